The number of rotatable bonds is 7. The third kappa shape index (κ3) is 7.21. The van der Waals surface area contributed by atoms with Gasteiger partial charge in [0.25, 0.3) is 5.88 Å². The molecular formula is C21H26FN5O8S. The van der Waals surface area contributed by atoms with Crippen LogP contribution in [0.3, 0.4) is 0 Å². The van der Waals surface area contributed by atoms with E-state index >= 15 is 0 Å². The summed E-state index contributed by atoms with van der Waals surface area (Å²) >= 11 is 0. The lowest BCUT2D eigenvalue weighted by molar-refractivity contribution is -0.385. The minimum absolute atomic E-state index is 0.220. The topological polar surface area (TPSA) is 163 Å². The van der Waals surface area contributed by atoms with Gasteiger partial charge in [-0.1, -0.05) is 0 Å². The number of hydrogen-bond acceptors (Lipinski definition) is 12. The number of carbonyl (C=O) groups excluding carboxylic acids is 1. The Labute approximate surface area is 206 Å². The molecular weight excluding hydrogens is 501 g/mol. The normalized spacial score (nSPS) is 15.2. The highest BCUT2D eigenvalue weighted by molar-refractivity contribution is 7.90. The summed E-state index contributed by atoms with van der Waals surface area (Å²) in [6.07, 6.45) is 1.38. The van der Waals surface area contributed by atoms with Gasteiger partial charge in [0.05, 0.1) is 15.5 Å². The number of hydrogen-bond donors (Lipinski definition) is 1. The van der Waals surface area contributed by atoms with Crippen molar-refractivity contribution in [3.63, 3.8) is 0 Å². The highest BCUT2D eigenvalue weighted by Crippen LogP contribution is 2.35. The smallest absolute Gasteiger partial charge is 0.469 e. The number of halogens is 1. The van der Waals surface area contributed by atoms with Gasteiger partial charge in [-0.25, -0.2) is 22.6 Å². The van der Waals surface area contributed by atoms with Gasteiger partial charge >= 0.3 is 11.8 Å². The monoisotopic (exact) mass is 527 g/mol. The molecule has 0 radical (unpaired) electrons. The number of nitrogens with one attached hydrogen (secondary N) is 1. The Hall–Kier alpha value is -3.59. The number of ether oxygens (including phenoxy) is 2. The Morgan fingerprint density at radius 2 is 1.92 bits per heavy atom. The van der Waals surface area contributed by atoms with Crippen molar-refractivity contribution >= 4 is 33.2 Å². The largest absolute Gasteiger partial charge is 0.528 e. The number of aromatic nitrogens is 2. The van der Waals surface area contributed by atoms with Crippen LogP contribution in [0.25, 0.3) is 0 Å². The zero-order chi connectivity index (χ0) is 26.7. The summed E-state index contributed by atoms with van der Waals surface area (Å²) in [6, 6.07) is 3.10. The first-order valence-corrected chi connectivity index (χ1v) is 12.7. The Morgan fingerprint density at radius 3 is 2.47 bits per heavy atom. The van der Waals surface area contributed by atoms with Crippen LogP contribution in [0.1, 0.15) is 33.6 Å². The maximum absolute atomic E-state index is 14.5. The summed E-state index contributed by atoms with van der Waals surface area (Å²) in [5.41, 5.74) is -1.53. The van der Waals surface area contributed by atoms with E-state index in [0.717, 1.165) is 30.8 Å². The van der Waals surface area contributed by atoms with Gasteiger partial charge in [-0.15, -0.1) is 5.06 Å². The molecule has 196 valence electrons. The van der Waals surface area contributed by atoms with E-state index in [1.807, 2.05) is 0 Å². The van der Waals surface area contributed by atoms with Gasteiger partial charge in [0.1, 0.15) is 23.8 Å². The third-order valence-corrected chi connectivity index (χ3v) is 5.98. The van der Waals surface area contributed by atoms with Crippen LogP contribution >= 0.6 is 0 Å². The average Bonchev–Trinajstić information content (AvgIpc) is 2.74. The van der Waals surface area contributed by atoms with Gasteiger partial charge in [-0.3, -0.25) is 10.1 Å². The highest BCUT2D eigenvalue weighted by atomic mass is 32.2. The number of sulfone groups is 1. The van der Waals surface area contributed by atoms with Crippen molar-refractivity contribution in [3.8, 4) is 5.88 Å². The quantitative estimate of drug-likeness (QED) is 0.318. The molecule has 2 heterocycles. The standard InChI is InChI=1S/C21H26FN5O8S/c1-21(2,3)34-20(28)35-26-9-7-13(8-10-26)33-19-17(27(29)30)18(23-12-24-19)25-16-6-5-14(11-15(16)22)36(4,31)32/h5-6,11-13H,7-10H2,1-4H3,(H,23,24,25). The summed E-state index contributed by atoms with van der Waals surface area (Å²) in [6.45, 7) is 5.74. The van der Waals surface area contributed by atoms with E-state index in [1.54, 1.807) is 20.8 Å². The SMILES string of the molecule is CC(C)(C)OC(=O)ON1CCC(Oc2ncnc(Nc3ccc(S(C)(=O)=O)cc3F)c2[N+](=O)[O-])CC1. The molecule has 1 fully saturated rings. The second-order valence-corrected chi connectivity index (χ2v) is 11.0. The van der Waals surface area contributed by atoms with E-state index in [9.17, 15) is 27.7 Å². The van der Waals surface area contributed by atoms with Crippen molar-refractivity contribution in [2.45, 2.75) is 50.2 Å². The number of benzene rings is 1. The number of nitrogens with zero attached hydrogens (tertiary/aromatic N) is 4. The lowest BCUT2D eigenvalue weighted by Gasteiger charge is -2.30. The van der Waals surface area contributed by atoms with Crippen LogP contribution < -0.4 is 10.1 Å². The molecule has 1 N–H and O–H groups in total. The Balaban J connectivity index is 1.70. The fourth-order valence-electron chi connectivity index (χ4n) is 3.23. The second kappa shape index (κ2) is 10.6. The number of hydroxylamine groups is 2. The van der Waals surface area contributed by atoms with E-state index < -0.39 is 44.1 Å². The molecule has 0 saturated carbocycles. The van der Waals surface area contributed by atoms with Gasteiger partial charge in [-0.05, 0) is 39.0 Å². The summed E-state index contributed by atoms with van der Waals surface area (Å²) < 4.78 is 48.6. The van der Waals surface area contributed by atoms with E-state index in [4.69, 9.17) is 14.3 Å². The molecule has 13 nitrogen and oxygen atoms in total. The van der Waals surface area contributed by atoms with Gasteiger partial charge < -0.3 is 19.6 Å². The molecule has 3 rings (SSSR count). The molecule has 0 bridgehead atoms. The zero-order valence-corrected chi connectivity index (χ0v) is 20.9. The molecule has 2 aromatic rings. The second-order valence-electron chi connectivity index (χ2n) is 8.97. The molecule has 36 heavy (non-hydrogen) atoms. The minimum Gasteiger partial charge on any atom is -0.469 e. The predicted molar refractivity (Wildman–Crippen MR) is 124 cm³/mol. The summed E-state index contributed by atoms with van der Waals surface area (Å²) in [4.78, 5) is 35.5. The molecule has 1 aliphatic rings. The van der Waals surface area contributed by atoms with Crippen LogP contribution in [-0.4, -0.2) is 65.6 Å². The first-order chi connectivity index (χ1) is 16.7. The molecule has 15 heteroatoms. The fraction of sp³-hybridized carbons (Fsp3) is 0.476. The summed E-state index contributed by atoms with van der Waals surface area (Å²) in [7, 11) is -3.64. The molecule has 0 amide bonds. The number of piperidine rings is 1. The van der Waals surface area contributed by atoms with Gasteiger partial charge in [0.15, 0.2) is 9.84 Å². The molecule has 1 aromatic carbocycles. The molecule has 0 spiro atoms. The van der Waals surface area contributed by atoms with Crippen molar-refractivity contribution < 1.29 is 36.8 Å². The van der Waals surface area contributed by atoms with Crippen molar-refractivity contribution in [1.29, 1.82) is 0 Å². The predicted octanol–water partition coefficient (Wildman–Crippen LogP) is 3.38. The number of nitro groups is 1. The molecule has 0 atom stereocenters. The zero-order valence-electron chi connectivity index (χ0n) is 20.1. The van der Waals surface area contributed by atoms with Crippen molar-refractivity contribution in [2.75, 3.05) is 24.7 Å². The van der Waals surface area contributed by atoms with Crippen LogP contribution in [-0.2, 0) is 19.4 Å². The van der Waals surface area contributed by atoms with Crippen molar-refractivity contribution in [3.05, 3.63) is 40.5 Å². The van der Waals surface area contributed by atoms with Crippen LogP contribution in [0.2, 0.25) is 0 Å². The van der Waals surface area contributed by atoms with Crippen molar-refractivity contribution in [1.82, 2.24) is 15.0 Å². The third-order valence-electron chi connectivity index (χ3n) is 4.87. The van der Waals surface area contributed by atoms with Crippen LogP contribution in [0, 0.1) is 15.9 Å². The fourth-order valence-corrected chi connectivity index (χ4v) is 3.87. The van der Waals surface area contributed by atoms with Gasteiger partial charge in [0, 0.05) is 32.2 Å². The number of carbonyl (C=O) groups is 1. The van der Waals surface area contributed by atoms with E-state index in [-0.39, 0.29) is 22.3 Å². The lowest BCUT2D eigenvalue weighted by Crippen LogP contribution is -2.40. The highest BCUT2D eigenvalue weighted by Gasteiger charge is 2.31. The van der Waals surface area contributed by atoms with E-state index in [1.165, 1.54) is 5.06 Å². The van der Waals surface area contributed by atoms with Gasteiger partial charge in [-0.2, -0.15) is 4.98 Å². The lowest BCUT2D eigenvalue weighted by atomic mass is 10.1. The van der Waals surface area contributed by atoms with Crippen LogP contribution in [0.5, 0.6) is 5.88 Å². The molecule has 0 unspecified atom stereocenters. The van der Waals surface area contributed by atoms with Crippen molar-refractivity contribution in [2.24, 2.45) is 0 Å². The van der Waals surface area contributed by atoms with Gasteiger partial charge in [0.2, 0.25) is 5.82 Å². The maximum atomic E-state index is 14.5. The van der Waals surface area contributed by atoms with E-state index in [0.29, 0.717) is 25.9 Å². The maximum Gasteiger partial charge on any atom is 0.528 e. The minimum atomic E-state index is -3.64. The number of anilines is 2. The summed E-state index contributed by atoms with van der Waals surface area (Å²) in [5, 5.41) is 15.7. The molecule has 1 saturated heterocycles. The van der Waals surface area contributed by atoms with Crippen LogP contribution in [0.15, 0.2) is 29.4 Å². The Kier molecular flexibility index (Phi) is 7.93. The average molecular weight is 528 g/mol. The Morgan fingerprint density at radius 1 is 1.25 bits per heavy atom. The molecule has 1 aromatic heterocycles. The molecule has 1 aliphatic heterocycles. The van der Waals surface area contributed by atoms with Crippen LogP contribution in [0.4, 0.5) is 26.4 Å². The first-order valence-electron chi connectivity index (χ1n) is 10.8. The first kappa shape index (κ1) is 27.0. The molecule has 0 aliphatic carbocycles. The Bertz CT molecular complexity index is 1240. The summed E-state index contributed by atoms with van der Waals surface area (Å²) in [5.74, 6) is -1.59. The van der Waals surface area contributed by atoms with E-state index in [2.05, 4.69) is 15.3 Å².